The van der Waals surface area contributed by atoms with Crippen molar-refractivity contribution in [2.24, 2.45) is 0 Å². The van der Waals surface area contributed by atoms with E-state index >= 15 is 0 Å². The predicted molar refractivity (Wildman–Crippen MR) is 76.7 cm³/mol. The standard InChI is InChI=1S/C14H17N3O4/c18-13(19)10-2-1-3-11-12(10)16-14(21-11)15-4-5-17-6-8-20-9-7-17/h1-3H,4-9H2,(H,15,16)(H,18,19). The molecule has 112 valence electrons. The van der Waals surface area contributed by atoms with Gasteiger partial charge in [-0.2, -0.15) is 4.98 Å². The van der Waals surface area contributed by atoms with Crippen molar-refractivity contribution in [1.29, 1.82) is 0 Å². The summed E-state index contributed by atoms with van der Waals surface area (Å²) in [6, 6.07) is 5.23. The highest BCUT2D eigenvalue weighted by molar-refractivity contribution is 6.00. The van der Waals surface area contributed by atoms with Crippen LogP contribution in [0.25, 0.3) is 11.1 Å². The van der Waals surface area contributed by atoms with E-state index in [0.717, 1.165) is 32.8 Å². The van der Waals surface area contributed by atoms with Crippen molar-refractivity contribution in [2.45, 2.75) is 0 Å². The van der Waals surface area contributed by atoms with Gasteiger partial charge in [0.2, 0.25) is 0 Å². The smallest absolute Gasteiger partial charge is 0.338 e. The Kier molecular flexibility index (Phi) is 4.03. The monoisotopic (exact) mass is 291 g/mol. The molecule has 0 amide bonds. The number of hydrogen-bond donors (Lipinski definition) is 2. The fourth-order valence-corrected chi connectivity index (χ4v) is 2.34. The summed E-state index contributed by atoms with van der Waals surface area (Å²) >= 11 is 0. The van der Waals surface area contributed by atoms with Crippen LogP contribution in [0.1, 0.15) is 10.4 Å². The van der Waals surface area contributed by atoms with Crippen molar-refractivity contribution in [3.8, 4) is 0 Å². The number of nitrogens with one attached hydrogen (secondary N) is 1. The second kappa shape index (κ2) is 6.11. The number of para-hydroxylation sites is 1. The van der Waals surface area contributed by atoms with E-state index in [1.54, 1.807) is 12.1 Å². The third kappa shape index (κ3) is 3.14. The normalized spacial score (nSPS) is 16.2. The molecular formula is C14H17N3O4. The van der Waals surface area contributed by atoms with E-state index in [2.05, 4.69) is 15.2 Å². The van der Waals surface area contributed by atoms with Gasteiger partial charge in [0, 0.05) is 26.2 Å². The highest BCUT2D eigenvalue weighted by Crippen LogP contribution is 2.22. The van der Waals surface area contributed by atoms with E-state index in [1.807, 2.05) is 0 Å². The number of hydrogen-bond acceptors (Lipinski definition) is 6. The number of aromatic nitrogens is 1. The second-order valence-corrected chi connectivity index (χ2v) is 4.86. The number of rotatable bonds is 5. The van der Waals surface area contributed by atoms with Gasteiger partial charge in [-0.05, 0) is 12.1 Å². The Morgan fingerprint density at radius 1 is 1.38 bits per heavy atom. The maximum Gasteiger partial charge on any atom is 0.338 e. The molecule has 7 heteroatoms. The molecular weight excluding hydrogens is 274 g/mol. The molecule has 0 saturated carbocycles. The maximum atomic E-state index is 11.1. The number of fused-ring (bicyclic) bond motifs is 1. The van der Waals surface area contributed by atoms with Crippen LogP contribution in [-0.4, -0.2) is 60.4 Å². The minimum absolute atomic E-state index is 0.150. The summed E-state index contributed by atoms with van der Waals surface area (Å²) < 4.78 is 10.8. The highest BCUT2D eigenvalue weighted by Gasteiger charge is 2.14. The molecule has 2 aromatic rings. The summed E-state index contributed by atoms with van der Waals surface area (Å²) in [7, 11) is 0. The molecule has 1 aromatic heterocycles. The Bertz CT molecular complexity index is 634. The van der Waals surface area contributed by atoms with Gasteiger partial charge in [-0.3, -0.25) is 4.90 Å². The number of aromatic carboxylic acids is 1. The Hall–Kier alpha value is -2.12. The molecule has 2 N–H and O–H groups in total. The van der Waals surface area contributed by atoms with Crippen LogP contribution in [0.2, 0.25) is 0 Å². The number of benzene rings is 1. The number of anilines is 1. The van der Waals surface area contributed by atoms with Gasteiger partial charge in [0.05, 0.1) is 18.8 Å². The molecule has 1 aliphatic heterocycles. The first kappa shape index (κ1) is 13.8. The van der Waals surface area contributed by atoms with E-state index in [-0.39, 0.29) is 5.56 Å². The first-order chi connectivity index (χ1) is 10.2. The Labute approximate surface area is 121 Å². The summed E-state index contributed by atoms with van der Waals surface area (Å²) in [4.78, 5) is 17.6. The third-order valence-electron chi connectivity index (χ3n) is 3.46. The minimum atomic E-state index is -1.01. The third-order valence-corrected chi connectivity index (χ3v) is 3.46. The molecule has 0 atom stereocenters. The lowest BCUT2D eigenvalue weighted by atomic mass is 10.2. The lowest BCUT2D eigenvalue weighted by molar-refractivity contribution is 0.0398. The average molecular weight is 291 g/mol. The SMILES string of the molecule is O=C(O)c1cccc2oc(NCCN3CCOCC3)nc12. The number of carbonyl (C=O) groups is 1. The molecule has 7 nitrogen and oxygen atoms in total. The molecule has 3 rings (SSSR count). The van der Waals surface area contributed by atoms with Crippen LogP contribution in [0, 0.1) is 0 Å². The van der Waals surface area contributed by atoms with Crippen LogP contribution in [0.5, 0.6) is 0 Å². The topological polar surface area (TPSA) is 87.8 Å². The molecule has 0 unspecified atom stereocenters. The van der Waals surface area contributed by atoms with Gasteiger partial charge in [-0.1, -0.05) is 6.07 Å². The molecule has 0 radical (unpaired) electrons. The molecule has 0 spiro atoms. The Balaban J connectivity index is 1.64. The van der Waals surface area contributed by atoms with E-state index in [0.29, 0.717) is 23.7 Å². The van der Waals surface area contributed by atoms with E-state index < -0.39 is 5.97 Å². The molecule has 0 bridgehead atoms. The zero-order chi connectivity index (χ0) is 14.7. The van der Waals surface area contributed by atoms with E-state index in [4.69, 9.17) is 14.3 Å². The number of morpholine rings is 1. The van der Waals surface area contributed by atoms with Gasteiger partial charge in [-0.15, -0.1) is 0 Å². The van der Waals surface area contributed by atoms with Crippen molar-refractivity contribution in [1.82, 2.24) is 9.88 Å². The van der Waals surface area contributed by atoms with Crippen LogP contribution in [-0.2, 0) is 4.74 Å². The molecule has 1 aromatic carbocycles. The average Bonchev–Trinajstić information content (AvgIpc) is 2.90. The van der Waals surface area contributed by atoms with Crippen LogP contribution in [0.3, 0.4) is 0 Å². The number of oxazole rings is 1. The van der Waals surface area contributed by atoms with Crippen LogP contribution in [0.15, 0.2) is 22.6 Å². The molecule has 1 fully saturated rings. The quantitative estimate of drug-likeness (QED) is 0.857. The zero-order valence-electron chi connectivity index (χ0n) is 11.5. The van der Waals surface area contributed by atoms with Crippen LogP contribution >= 0.6 is 0 Å². The summed E-state index contributed by atoms with van der Waals surface area (Å²) in [5, 5.41) is 12.2. The summed E-state index contributed by atoms with van der Waals surface area (Å²) in [6.07, 6.45) is 0. The van der Waals surface area contributed by atoms with Crippen molar-refractivity contribution in [2.75, 3.05) is 44.7 Å². The maximum absolute atomic E-state index is 11.1. The number of ether oxygens (including phenoxy) is 1. The van der Waals surface area contributed by atoms with Gasteiger partial charge >= 0.3 is 5.97 Å². The Morgan fingerprint density at radius 3 is 2.95 bits per heavy atom. The molecule has 2 heterocycles. The van der Waals surface area contributed by atoms with Crippen molar-refractivity contribution in [3.05, 3.63) is 23.8 Å². The largest absolute Gasteiger partial charge is 0.478 e. The molecule has 1 saturated heterocycles. The van der Waals surface area contributed by atoms with Crippen LogP contribution < -0.4 is 5.32 Å². The first-order valence-electron chi connectivity index (χ1n) is 6.91. The zero-order valence-corrected chi connectivity index (χ0v) is 11.5. The van der Waals surface area contributed by atoms with E-state index in [9.17, 15) is 4.79 Å². The lowest BCUT2D eigenvalue weighted by Gasteiger charge is -2.26. The van der Waals surface area contributed by atoms with Gasteiger partial charge in [0.25, 0.3) is 6.01 Å². The molecule has 21 heavy (non-hydrogen) atoms. The molecule has 0 aliphatic carbocycles. The van der Waals surface area contributed by atoms with Crippen LogP contribution in [0.4, 0.5) is 6.01 Å². The molecule has 1 aliphatic rings. The van der Waals surface area contributed by atoms with Gasteiger partial charge < -0.3 is 19.6 Å². The fourth-order valence-electron chi connectivity index (χ4n) is 2.34. The first-order valence-corrected chi connectivity index (χ1v) is 6.91. The van der Waals surface area contributed by atoms with E-state index in [1.165, 1.54) is 6.07 Å². The number of nitrogens with zero attached hydrogens (tertiary/aromatic N) is 2. The Morgan fingerprint density at radius 2 is 2.19 bits per heavy atom. The van der Waals surface area contributed by atoms with Gasteiger partial charge in [0.15, 0.2) is 5.58 Å². The number of carboxylic acid groups (broad SMARTS) is 1. The summed E-state index contributed by atoms with van der Waals surface area (Å²) in [5.41, 5.74) is 1.00. The lowest BCUT2D eigenvalue weighted by Crippen LogP contribution is -2.39. The summed E-state index contributed by atoms with van der Waals surface area (Å²) in [6.45, 7) is 4.95. The minimum Gasteiger partial charge on any atom is -0.478 e. The van der Waals surface area contributed by atoms with Gasteiger partial charge in [0.1, 0.15) is 5.52 Å². The van der Waals surface area contributed by atoms with Gasteiger partial charge in [-0.25, -0.2) is 4.79 Å². The predicted octanol–water partition coefficient (Wildman–Crippen LogP) is 1.27. The van der Waals surface area contributed by atoms with Crippen molar-refractivity contribution in [3.63, 3.8) is 0 Å². The van der Waals surface area contributed by atoms with Crippen molar-refractivity contribution >= 4 is 23.1 Å². The summed E-state index contributed by atoms with van der Waals surface area (Å²) in [5.74, 6) is -1.01. The number of carboxylic acids is 1. The highest BCUT2D eigenvalue weighted by atomic mass is 16.5. The fraction of sp³-hybridized carbons (Fsp3) is 0.429. The second-order valence-electron chi connectivity index (χ2n) is 4.86. The van der Waals surface area contributed by atoms with Crippen molar-refractivity contribution < 1.29 is 19.1 Å².